The fourth-order valence-electron chi connectivity index (χ4n) is 1.59. The van der Waals surface area contributed by atoms with Crippen molar-refractivity contribution in [1.82, 2.24) is 25.1 Å². The highest BCUT2D eigenvalue weighted by molar-refractivity contribution is 7.99. The van der Waals surface area contributed by atoms with Crippen LogP contribution in [0.3, 0.4) is 0 Å². The Morgan fingerprint density at radius 1 is 1.29 bits per heavy atom. The molecule has 2 rings (SSSR count). The molecule has 0 aliphatic carbocycles. The zero-order valence-electron chi connectivity index (χ0n) is 12.5. The number of hydrogen-bond acceptors (Lipinski definition) is 7. The van der Waals surface area contributed by atoms with Crippen molar-refractivity contribution < 1.29 is 4.74 Å². The van der Waals surface area contributed by atoms with Crippen LogP contribution in [0.5, 0.6) is 0 Å². The second kappa shape index (κ2) is 7.94. The summed E-state index contributed by atoms with van der Waals surface area (Å²) in [4.78, 5) is 13.2. The van der Waals surface area contributed by atoms with E-state index in [2.05, 4.69) is 37.4 Å². The lowest BCUT2D eigenvalue weighted by Crippen LogP contribution is -2.07. The van der Waals surface area contributed by atoms with Crippen molar-refractivity contribution in [2.24, 2.45) is 0 Å². The Bertz CT molecular complexity index is 547. The van der Waals surface area contributed by atoms with Crippen molar-refractivity contribution >= 4 is 17.6 Å². The van der Waals surface area contributed by atoms with Gasteiger partial charge in [0.25, 0.3) is 0 Å². The SMILES string of the molecule is CCCNc1cc(Sc2n[nH]c(C)n2)nc(COCC)n1. The number of anilines is 1. The van der Waals surface area contributed by atoms with Crippen LogP contribution in [0, 0.1) is 6.92 Å². The number of nitrogens with one attached hydrogen (secondary N) is 2. The first kappa shape index (κ1) is 15.7. The molecule has 21 heavy (non-hydrogen) atoms. The molecule has 0 aliphatic heterocycles. The molecule has 0 aliphatic rings. The number of ether oxygens (including phenoxy) is 1. The molecule has 0 spiro atoms. The van der Waals surface area contributed by atoms with E-state index in [1.54, 1.807) is 0 Å². The second-order valence-electron chi connectivity index (χ2n) is 4.38. The third-order valence-corrected chi connectivity index (χ3v) is 3.30. The molecule has 0 aromatic carbocycles. The Hall–Kier alpha value is -1.67. The molecule has 0 fully saturated rings. The predicted molar refractivity (Wildman–Crippen MR) is 81.4 cm³/mol. The van der Waals surface area contributed by atoms with Crippen LogP contribution < -0.4 is 5.32 Å². The van der Waals surface area contributed by atoms with Crippen LogP contribution in [0.1, 0.15) is 31.9 Å². The maximum absolute atomic E-state index is 5.39. The van der Waals surface area contributed by atoms with E-state index >= 15 is 0 Å². The molecule has 2 N–H and O–H groups in total. The van der Waals surface area contributed by atoms with E-state index in [-0.39, 0.29) is 0 Å². The van der Waals surface area contributed by atoms with Gasteiger partial charge in [0.2, 0.25) is 5.16 Å². The summed E-state index contributed by atoms with van der Waals surface area (Å²) >= 11 is 1.40. The molecular formula is C13H20N6OS. The molecule has 0 saturated carbocycles. The fourth-order valence-corrected chi connectivity index (χ4v) is 2.37. The number of aryl methyl sites for hydroxylation is 1. The van der Waals surface area contributed by atoms with Crippen molar-refractivity contribution in [3.05, 3.63) is 17.7 Å². The third-order valence-electron chi connectivity index (χ3n) is 2.51. The zero-order chi connectivity index (χ0) is 15.1. The molecule has 0 saturated heterocycles. The Morgan fingerprint density at radius 3 is 2.81 bits per heavy atom. The lowest BCUT2D eigenvalue weighted by molar-refractivity contribution is 0.128. The summed E-state index contributed by atoms with van der Waals surface area (Å²) in [6.07, 6.45) is 1.04. The highest BCUT2D eigenvalue weighted by Gasteiger charge is 2.09. The molecule has 2 heterocycles. The molecule has 0 bridgehead atoms. The maximum Gasteiger partial charge on any atom is 0.214 e. The van der Waals surface area contributed by atoms with Crippen molar-refractivity contribution in [2.75, 3.05) is 18.5 Å². The molecule has 0 amide bonds. The van der Waals surface area contributed by atoms with Gasteiger partial charge in [0.15, 0.2) is 5.82 Å². The largest absolute Gasteiger partial charge is 0.374 e. The van der Waals surface area contributed by atoms with Crippen LogP contribution in [0.2, 0.25) is 0 Å². The second-order valence-corrected chi connectivity index (χ2v) is 5.36. The van der Waals surface area contributed by atoms with Gasteiger partial charge in [-0.25, -0.2) is 15.0 Å². The minimum absolute atomic E-state index is 0.402. The number of hydrogen-bond donors (Lipinski definition) is 2. The molecule has 2 aromatic heterocycles. The van der Waals surface area contributed by atoms with Gasteiger partial charge < -0.3 is 10.1 Å². The number of aromatic amines is 1. The number of nitrogens with zero attached hydrogens (tertiary/aromatic N) is 4. The van der Waals surface area contributed by atoms with Crippen LogP contribution in [-0.4, -0.2) is 38.3 Å². The van der Waals surface area contributed by atoms with E-state index in [1.807, 2.05) is 19.9 Å². The van der Waals surface area contributed by atoms with E-state index in [1.165, 1.54) is 11.8 Å². The lowest BCUT2D eigenvalue weighted by atomic mass is 10.4. The van der Waals surface area contributed by atoms with Gasteiger partial charge in [-0.2, -0.15) is 0 Å². The van der Waals surface area contributed by atoms with Gasteiger partial charge in [0.1, 0.15) is 23.3 Å². The van der Waals surface area contributed by atoms with Gasteiger partial charge in [-0.15, -0.1) is 5.10 Å². The number of aromatic nitrogens is 5. The van der Waals surface area contributed by atoms with Crippen molar-refractivity contribution in [3.8, 4) is 0 Å². The summed E-state index contributed by atoms with van der Waals surface area (Å²) in [5.41, 5.74) is 0. The van der Waals surface area contributed by atoms with E-state index in [9.17, 15) is 0 Å². The van der Waals surface area contributed by atoms with Gasteiger partial charge in [-0.1, -0.05) is 6.92 Å². The summed E-state index contributed by atoms with van der Waals surface area (Å²) < 4.78 is 5.39. The first-order valence-electron chi connectivity index (χ1n) is 6.97. The third kappa shape index (κ3) is 4.98. The van der Waals surface area contributed by atoms with Crippen LogP contribution in [0.25, 0.3) is 0 Å². The highest BCUT2D eigenvalue weighted by Crippen LogP contribution is 2.24. The number of rotatable bonds is 8. The average molecular weight is 308 g/mol. The summed E-state index contributed by atoms with van der Waals surface area (Å²) in [5, 5.41) is 11.7. The van der Waals surface area contributed by atoms with E-state index in [4.69, 9.17) is 4.74 Å². The topological polar surface area (TPSA) is 88.6 Å². The Balaban J connectivity index is 2.16. The van der Waals surface area contributed by atoms with Crippen LogP contribution in [0.15, 0.2) is 16.2 Å². The van der Waals surface area contributed by atoms with Gasteiger partial charge >= 0.3 is 0 Å². The van der Waals surface area contributed by atoms with Crippen LogP contribution >= 0.6 is 11.8 Å². The van der Waals surface area contributed by atoms with E-state index in [0.717, 1.165) is 29.6 Å². The predicted octanol–water partition coefficient (Wildman–Crippen LogP) is 2.41. The molecule has 0 unspecified atom stereocenters. The molecule has 0 atom stereocenters. The van der Waals surface area contributed by atoms with Crippen molar-refractivity contribution in [1.29, 1.82) is 0 Å². The molecule has 7 nitrogen and oxygen atoms in total. The molecule has 114 valence electrons. The molecule has 0 radical (unpaired) electrons. The van der Waals surface area contributed by atoms with E-state index in [0.29, 0.717) is 24.2 Å². The van der Waals surface area contributed by atoms with Crippen molar-refractivity contribution in [2.45, 2.75) is 44.0 Å². The fraction of sp³-hybridized carbons (Fsp3) is 0.538. The summed E-state index contributed by atoms with van der Waals surface area (Å²) in [6.45, 7) is 7.84. The normalized spacial score (nSPS) is 10.8. The zero-order valence-corrected chi connectivity index (χ0v) is 13.3. The monoisotopic (exact) mass is 308 g/mol. The summed E-state index contributed by atoms with van der Waals surface area (Å²) in [5.74, 6) is 2.24. The quantitative estimate of drug-likeness (QED) is 0.724. The summed E-state index contributed by atoms with van der Waals surface area (Å²) in [6, 6.07) is 1.90. The molecule has 2 aromatic rings. The minimum atomic E-state index is 0.402. The van der Waals surface area contributed by atoms with Crippen LogP contribution in [0.4, 0.5) is 5.82 Å². The Kier molecular flexibility index (Phi) is 5.94. The van der Waals surface area contributed by atoms with Crippen molar-refractivity contribution in [3.63, 3.8) is 0 Å². The standard InChI is InChI=1S/C13H20N6OS/c1-4-6-14-10-7-12(17-11(16-10)8-20-5-2)21-13-15-9(3)18-19-13/h7H,4-6,8H2,1-3H3,(H,14,16,17)(H,15,18,19). The first-order valence-corrected chi connectivity index (χ1v) is 7.79. The average Bonchev–Trinajstić information content (AvgIpc) is 2.88. The maximum atomic E-state index is 5.39. The Morgan fingerprint density at radius 2 is 2.14 bits per heavy atom. The smallest absolute Gasteiger partial charge is 0.214 e. The highest BCUT2D eigenvalue weighted by atomic mass is 32.2. The Labute approximate surface area is 128 Å². The van der Waals surface area contributed by atoms with Gasteiger partial charge in [0, 0.05) is 19.2 Å². The van der Waals surface area contributed by atoms with Gasteiger partial charge in [-0.05, 0) is 32.0 Å². The molecule has 8 heteroatoms. The summed E-state index contributed by atoms with van der Waals surface area (Å²) in [7, 11) is 0. The number of H-pyrrole nitrogens is 1. The molecular weight excluding hydrogens is 288 g/mol. The first-order chi connectivity index (χ1) is 10.2. The van der Waals surface area contributed by atoms with Crippen LogP contribution in [-0.2, 0) is 11.3 Å². The van der Waals surface area contributed by atoms with Gasteiger partial charge in [0.05, 0.1) is 0 Å². The van der Waals surface area contributed by atoms with E-state index < -0.39 is 0 Å². The minimum Gasteiger partial charge on any atom is -0.374 e. The lowest BCUT2D eigenvalue weighted by Gasteiger charge is -2.08. The van der Waals surface area contributed by atoms with Gasteiger partial charge in [-0.3, -0.25) is 5.10 Å².